The van der Waals surface area contributed by atoms with Gasteiger partial charge in [0, 0.05) is 17.8 Å². The molecule has 0 radical (unpaired) electrons. The Bertz CT molecular complexity index is 525. The number of hydrogen-bond donors (Lipinski definition) is 2. The number of hydrogen-bond acceptors (Lipinski definition) is 4. The number of carbonyl (C=O) groups is 1. The van der Waals surface area contributed by atoms with Crippen LogP contribution >= 0.6 is 11.3 Å². The SMILES string of the molecule is O=C(NCCc1ncn[nH]1)c1cc2c(s1)CCC2. The molecule has 6 heteroatoms. The molecule has 0 spiro atoms. The van der Waals surface area contributed by atoms with E-state index in [1.807, 2.05) is 6.07 Å². The summed E-state index contributed by atoms with van der Waals surface area (Å²) in [6, 6.07) is 2.04. The number of rotatable bonds is 4. The molecule has 3 rings (SSSR count). The van der Waals surface area contributed by atoms with Crippen LogP contribution in [0.5, 0.6) is 0 Å². The van der Waals surface area contributed by atoms with Crippen LogP contribution in [-0.2, 0) is 19.3 Å². The van der Waals surface area contributed by atoms with Crippen molar-refractivity contribution in [3.8, 4) is 0 Å². The molecule has 0 saturated carbocycles. The first-order valence-electron chi connectivity index (χ1n) is 6.07. The van der Waals surface area contributed by atoms with E-state index < -0.39 is 0 Å². The summed E-state index contributed by atoms with van der Waals surface area (Å²) in [7, 11) is 0. The van der Waals surface area contributed by atoms with Crippen molar-refractivity contribution in [2.75, 3.05) is 6.54 Å². The first-order valence-corrected chi connectivity index (χ1v) is 6.88. The minimum absolute atomic E-state index is 0.0221. The number of nitrogens with zero attached hydrogens (tertiary/aromatic N) is 2. The fourth-order valence-electron chi connectivity index (χ4n) is 2.17. The van der Waals surface area contributed by atoms with Crippen molar-refractivity contribution in [1.29, 1.82) is 0 Å². The molecule has 0 bridgehead atoms. The van der Waals surface area contributed by atoms with Crippen molar-refractivity contribution in [1.82, 2.24) is 20.5 Å². The summed E-state index contributed by atoms with van der Waals surface area (Å²) in [5.74, 6) is 0.817. The smallest absolute Gasteiger partial charge is 0.261 e. The Balaban J connectivity index is 1.54. The Kier molecular flexibility index (Phi) is 3.10. The summed E-state index contributed by atoms with van der Waals surface area (Å²) < 4.78 is 0. The van der Waals surface area contributed by atoms with Gasteiger partial charge in [-0.3, -0.25) is 9.89 Å². The van der Waals surface area contributed by atoms with Gasteiger partial charge in [0.15, 0.2) is 0 Å². The van der Waals surface area contributed by atoms with Crippen molar-refractivity contribution in [2.45, 2.75) is 25.7 Å². The number of fused-ring (bicyclic) bond motifs is 1. The van der Waals surface area contributed by atoms with E-state index in [0.29, 0.717) is 13.0 Å². The highest BCUT2D eigenvalue weighted by Gasteiger charge is 2.18. The van der Waals surface area contributed by atoms with Gasteiger partial charge in [0.2, 0.25) is 0 Å². The number of amides is 1. The second-order valence-corrected chi connectivity index (χ2v) is 5.49. The van der Waals surface area contributed by atoms with Crippen molar-refractivity contribution in [3.05, 3.63) is 33.5 Å². The van der Waals surface area contributed by atoms with Crippen molar-refractivity contribution in [2.24, 2.45) is 0 Å². The summed E-state index contributed by atoms with van der Waals surface area (Å²) >= 11 is 1.63. The fourth-order valence-corrected chi connectivity index (χ4v) is 3.34. The maximum Gasteiger partial charge on any atom is 0.261 e. The van der Waals surface area contributed by atoms with Gasteiger partial charge in [-0.25, -0.2) is 4.98 Å². The summed E-state index contributed by atoms with van der Waals surface area (Å²) in [6.45, 7) is 0.580. The Morgan fingerprint density at radius 3 is 3.22 bits per heavy atom. The molecule has 94 valence electrons. The second kappa shape index (κ2) is 4.89. The topological polar surface area (TPSA) is 70.7 Å². The lowest BCUT2D eigenvalue weighted by molar-refractivity contribution is 0.0958. The van der Waals surface area contributed by atoms with Crippen LogP contribution in [0.1, 0.15) is 32.4 Å². The van der Waals surface area contributed by atoms with Gasteiger partial charge < -0.3 is 5.32 Å². The Morgan fingerprint density at radius 2 is 2.44 bits per heavy atom. The summed E-state index contributed by atoms with van der Waals surface area (Å²) in [5.41, 5.74) is 1.36. The highest BCUT2D eigenvalue weighted by atomic mass is 32.1. The molecule has 0 atom stereocenters. The average molecular weight is 262 g/mol. The molecule has 2 aromatic rings. The molecular weight excluding hydrogens is 248 g/mol. The standard InChI is InChI=1S/C12H14N4OS/c17-12(13-5-4-11-14-7-15-16-11)10-6-8-2-1-3-9(8)18-10/h6-7H,1-5H2,(H,13,17)(H,14,15,16). The molecule has 5 nitrogen and oxygen atoms in total. The van der Waals surface area contributed by atoms with Crippen LogP contribution in [0.4, 0.5) is 0 Å². The van der Waals surface area contributed by atoms with E-state index in [-0.39, 0.29) is 5.91 Å². The zero-order valence-electron chi connectivity index (χ0n) is 9.90. The van der Waals surface area contributed by atoms with E-state index >= 15 is 0 Å². The fraction of sp³-hybridized carbons (Fsp3) is 0.417. The highest BCUT2D eigenvalue weighted by molar-refractivity contribution is 7.14. The first kappa shape index (κ1) is 11.4. The van der Waals surface area contributed by atoms with E-state index in [1.165, 1.54) is 23.2 Å². The van der Waals surface area contributed by atoms with E-state index in [0.717, 1.165) is 23.5 Å². The van der Waals surface area contributed by atoms with Crippen LogP contribution in [0.25, 0.3) is 0 Å². The number of carbonyl (C=O) groups excluding carboxylic acids is 1. The maximum absolute atomic E-state index is 11.9. The number of H-pyrrole nitrogens is 1. The van der Waals surface area contributed by atoms with Crippen LogP contribution < -0.4 is 5.32 Å². The average Bonchev–Trinajstić information content (AvgIpc) is 3.04. The molecule has 2 aromatic heterocycles. The maximum atomic E-state index is 11.9. The normalized spacial score (nSPS) is 13.6. The molecule has 0 unspecified atom stereocenters. The van der Waals surface area contributed by atoms with Gasteiger partial charge in [0.05, 0.1) is 4.88 Å². The second-order valence-electron chi connectivity index (χ2n) is 4.35. The number of aromatic nitrogens is 3. The molecule has 0 saturated heterocycles. The quantitative estimate of drug-likeness (QED) is 0.873. The van der Waals surface area contributed by atoms with Crippen molar-refractivity contribution >= 4 is 17.2 Å². The van der Waals surface area contributed by atoms with Gasteiger partial charge in [0.25, 0.3) is 5.91 Å². The molecule has 0 fully saturated rings. The third-order valence-electron chi connectivity index (χ3n) is 3.08. The predicted octanol–water partition coefficient (Wildman–Crippen LogP) is 1.33. The number of aryl methyl sites for hydroxylation is 2. The Hall–Kier alpha value is -1.69. The largest absolute Gasteiger partial charge is 0.351 e. The predicted molar refractivity (Wildman–Crippen MR) is 68.8 cm³/mol. The molecule has 2 heterocycles. The minimum Gasteiger partial charge on any atom is -0.351 e. The first-order chi connectivity index (χ1) is 8.83. The summed E-state index contributed by atoms with van der Waals surface area (Å²) in [6.07, 6.45) is 5.63. The Labute approximate surface area is 109 Å². The van der Waals surface area contributed by atoms with Gasteiger partial charge in [-0.1, -0.05) is 0 Å². The molecule has 0 aliphatic heterocycles. The zero-order valence-corrected chi connectivity index (χ0v) is 10.7. The van der Waals surface area contributed by atoms with Crippen LogP contribution in [0.3, 0.4) is 0 Å². The number of aromatic amines is 1. The van der Waals surface area contributed by atoms with Crippen LogP contribution in [-0.4, -0.2) is 27.6 Å². The number of nitrogens with one attached hydrogen (secondary N) is 2. The van der Waals surface area contributed by atoms with E-state index in [1.54, 1.807) is 11.3 Å². The molecule has 1 aliphatic rings. The monoisotopic (exact) mass is 262 g/mol. The van der Waals surface area contributed by atoms with Gasteiger partial charge in [0.1, 0.15) is 12.2 Å². The van der Waals surface area contributed by atoms with Crippen molar-refractivity contribution in [3.63, 3.8) is 0 Å². The van der Waals surface area contributed by atoms with Crippen molar-refractivity contribution < 1.29 is 4.79 Å². The van der Waals surface area contributed by atoms with Gasteiger partial charge >= 0.3 is 0 Å². The van der Waals surface area contributed by atoms with E-state index in [9.17, 15) is 4.79 Å². The number of thiophene rings is 1. The lowest BCUT2D eigenvalue weighted by Crippen LogP contribution is -2.25. The van der Waals surface area contributed by atoms with Crippen LogP contribution in [0.2, 0.25) is 0 Å². The third kappa shape index (κ3) is 2.28. The highest BCUT2D eigenvalue weighted by Crippen LogP contribution is 2.30. The van der Waals surface area contributed by atoms with Crippen LogP contribution in [0.15, 0.2) is 12.4 Å². The third-order valence-corrected chi connectivity index (χ3v) is 4.32. The molecule has 1 aliphatic carbocycles. The minimum atomic E-state index is 0.0221. The van der Waals surface area contributed by atoms with E-state index in [4.69, 9.17) is 0 Å². The molecule has 0 aromatic carbocycles. The molecule has 1 amide bonds. The Morgan fingerprint density at radius 1 is 1.50 bits per heavy atom. The lowest BCUT2D eigenvalue weighted by atomic mass is 10.2. The van der Waals surface area contributed by atoms with Gasteiger partial charge in [-0.05, 0) is 30.9 Å². The molecule has 2 N–H and O–H groups in total. The molecule has 18 heavy (non-hydrogen) atoms. The zero-order chi connectivity index (χ0) is 12.4. The van der Waals surface area contributed by atoms with Gasteiger partial charge in [-0.2, -0.15) is 5.10 Å². The summed E-state index contributed by atoms with van der Waals surface area (Å²) in [4.78, 5) is 18.2. The lowest BCUT2D eigenvalue weighted by Gasteiger charge is -2.01. The van der Waals surface area contributed by atoms with Crippen LogP contribution in [0, 0.1) is 0 Å². The van der Waals surface area contributed by atoms with Gasteiger partial charge in [-0.15, -0.1) is 11.3 Å². The molecular formula is C12H14N4OS. The van der Waals surface area contributed by atoms with E-state index in [2.05, 4.69) is 20.5 Å². The summed E-state index contributed by atoms with van der Waals surface area (Å²) in [5, 5.41) is 9.45.